The van der Waals surface area contributed by atoms with Gasteiger partial charge in [0.2, 0.25) is 0 Å². The van der Waals surface area contributed by atoms with Gasteiger partial charge in [0.1, 0.15) is 0 Å². The maximum atomic E-state index is 12.4. The number of halogens is 1. The molecule has 0 spiro atoms. The molecule has 1 aromatic rings. The number of carbonyl (C=O) groups excluding carboxylic acids is 2. The zero-order valence-corrected chi connectivity index (χ0v) is 16.8. The fourth-order valence-electron chi connectivity index (χ4n) is 6.36. The fraction of sp³-hybridized carbons (Fsp3) is 0.619. The predicted molar refractivity (Wildman–Crippen MR) is 106 cm³/mol. The Balaban J connectivity index is 0.00000168. The highest BCUT2D eigenvalue weighted by Gasteiger charge is 2.50. The van der Waals surface area contributed by atoms with Crippen LogP contribution in [0.15, 0.2) is 24.3 Å². The Morgan fingerprint density at radius 2 is 1.42 bits per heavy atom. The highest BCUT2D eigenvalue weighted by atomic mass is 79.9. The molecule has 140 valence electrons. The molecule has 1 aromatic carbocycles. The Hall–Kier alpha value is -1.20. The predicted octanol–water partition coefficient (Wildman–Crippen LogP) is 3.81. The van der Waals surface area contributed by atoms with Crippen molar-refractivity contribution in [3.63, 3.8) is 0 Å². The van der Waals surface area contributed by atoms with E-state index in [2.05, 4.69) is 5.32 Å². The smallest absolute Gasteiger partial charge is 0.261 e. The number of fused-ring (bicyclic) bond motifs is 1. The van der Waals surface area contributed by atoms with E-state index in [9.17, 15) is 9.59 Å². The number of imide groups is 1. The van der Waals surface area contributed by atoms with Gasteiger partial charge >= 0.3 is 0 Å². The van der Waals surface area contributed by atoms with E-state index in [4.69, 9.17) is 0 Å². The standard InChI is InChI=1S/C21H26N2O2.BrH/c24-19-17-4-1-2-5-18(17)20(25)23(19)7-3-6-22-21-11-14-8-15(12-21)10-16(9-14)13-21;/h1-2,4-5,14-16,22H,3,6-13H2;1H. The minimum Gasteiger partial charge on any atom is -0.311 e. The van der Waals surface area contributed by atoms with Crippen LogP contribution in [0.4, 0.5) is 0 Å². The Kier molecular flexibility index (Phi) is 4.72. The second-order valence-electron chi connectivity index (χ2n) is 8.79. The van der Waals surface area contributed by atoms with Crippen LogP contribution in [0.3, 0.4) is 0 Å². The van der Waals surface area contributed by atoms with Crippen LogP contribution in [0, 0.1) is 17.8 Å². The maximum Gasteiger partial charge on any atom is 0.261 e. The second kappa shape index (κ2) is 6.75. The normalized spacial score (nSPS) is 34.2. The summed E-state index contributed by atoms with van der Waals surface area (Å²) >= 11 is 0. The van der Waals surface area contributed by atoms with Gasteiger partial charge < -0.3 is 5.32 Å². The van der Waals surface area contributed by atoms with Crippen LogP contribution >= 0.6 is 17.0 Å². The molecule has 0 unspecified atom stereocenters. The van der Waals surface area contributed by atoms with E-state index in [0.29, 0.717) is 23.2 Å². The fourth-order valence-corrected chi connectivity index (χ4v) is 6.36. The number of nitrogens with zero attached hydrogens (tertiary/aromatic N) is 1. The van der Waals surface area contributed by atoms with Crippen molar-refractivity contribution in [1.29, 1.82) is 0 Å². The molecule has 4 fully saturated rings. The summed E-state index contributed by atoms with van der Waals surface area (Å²) in [6, 6.07) is 7.15. The average Bonchev–Trinajstić information content (AvgIpc) is 2.82. The second-order valence-corrected chi connectivity index (χ2v) is 8.79. The summed E-state index contributed by atoms with van der Waals surface area (Å²) < 4.78 is 0. The van der Waals surface area contributed by atoms with Gasteiger partial charge in [-0.3, -0.25) is 14.5 Å². The molecule has 1 aliphatic heterocycles. The molecule has 4 bridgehead atoms. The van der Waals surface area contributed by atoms with Crippen LogP contribution in [0.5, 0.6) is 0 Å². The van der Waals surface area contributed by atoms with Gasteiger partial charge in [-0.05, 0) is 81.4 Å². The zero-order chi connectivity index (χ0) is 17.0. The number of rotatable bonds is 5. The van der Waals surface area contributed by atoms with Crippen LogP contribution in [0.1, 0.15) is 65.7 Å². The molecule has 0 aromatic heterocycles. The number of hydrogen-bond donors (Lipinski definition) is 1. The van der Waals surface area contributed by atoms with Crippen LogP contribution in [0.2, 0.25) is 0 Å². The van der Waals surface area contributed by atoms with E-state index < -0.39 is 0 Å². The van der Waals surface area contributed by atoms with Crippen molar-refractivity contribution in [2.75, 3.05) is 13.1 Å². The number of nitrogens with one attached hydrogen (secondary N) is 1. The third-order valence-electron chi connectivity index (χ3n) is 6.97. The SMILES string of the molecule is Br.O=C1c2ccccc2C(=O)N1CCCNC12CC3CC(CC(C3)C1)C2. The molecule has 2 amide bonds. The molecular weight excluding hydrogens is 392 g/mol. The monoisotopic (exact) mass is 418 g/mol. The van der Waals surface area contributed by atoms with Crippen LogP contribution in [0.25, 0.3) is 0 Å². The lowest BCUT2D eigenvalue weighted by Gasteiger charge is -2.57. The minimum atomic E-state index is -0.129. The molecule has 26 heavy (non-hydrogen) atoms. The molecular formula is C21H27BrN2O2. The summed E-state index contributed by atoms with van der Waals surface area (Å²) in [4.78, 5) is 26.2. The van der Waals surface area contributed by atoms with Gasteiger partial charge in [-0.2, -0.15) is 0 Å². The van der Waals surface area contributed by atoms with Crippen molar-refractivity contribution in [1.82, 2.24) is 10.2 Å². The molecule has 0 radical (unpaired) electrons. The van der Waals surface area contributed by atoms with Crippen molar-refractivity contribution in [2.45, 2.75) is 50.5 Å². The Morgan fingerprint density at radius 3 is 1.92 bits per heavy atom. The van der Waals surface area contributed by atoms with Gasteiger partial charge in [-0.15, -0.1) is 17.0 Å². The van der Waals surface area contributed by atoms with Gasteiger partial charge in [0.05, 0.1) is 11.1 Å². The molecule has 4 nitrogen and oxygen atoms in total. The average molecular weight is 419 g/mol. The Morgan fingerprint density at radius 1 is 0.923 bits per heavy atom. The molecule has 0 saturated heterocycles. The lowest BCUT2D eigenvalue weighted by Crippen LogP contribution is -2.58. The van der Waals surface area contributed by atoms with Gasteiger partial charge in [0.15, 0.2) is 0 Å². The van der Waals surface area contributed by atoms with Gasteiger partial charge in [-0.25, -0.2) is 0 Å². The van der Waals surface area contributed by atoms with Crippen LogP contribution in [-0.2, 0) is 0 Å². The van der Waals surface area contributed by atoms with E-state index in [1.165, 1.54) is 43.4 Å². The topological polar surface area (TPSA) is 49.4 Å². The summed E-state index contributed by atoms with van der Waals surface area (Å²) in [5.41, 5.74) is 1.47. The van der Waals surface area contributed by atoms with E-state index in [0.717, 1.165) is 30.7 Å². The number of benzene rings is 1. The van der Waals surface area contributed by atoms with Crippen molar-refractivity contribution in [3.05, 3.63) is 35.4 Å². The summed E-state index contributed by atoms with van der Waals surface area (Å²) in [7, 11) is 0. The Labute approximate surface area is 165 Å². The van der Waals surface area contributed by atoms with E-state index in [1.807, 2.05) is 12.1 Å². The minimum absolute atomic E-state index is 0. The lowest BCUT2D eigenvalue weighted by atomic mass is 9.53. The molecule has 5 aliphatic rings. The van der Waals surface area contributed by atoms with Gasteiger partial charge in [0.25, 0.3) is 11.8 Å². The molecule has 4 aliphatic carbocycles. The molecule has 1 N–H and O–H groups in total. The first-order valence-corrected chi connectivity index (χ1v) is 9.84. The van der Waals surface area contributed by atoms with Gasteiger partial charge in [0, 0.05) is 12.1 Å². The number of carbonyl (C=O) groups is 2. The number of hydrogen-bond acceptors (Lipinski definition) is 3. The molecule has 5 heteroatoms. The lowest BCUT2D eigenvalue weighted by molar-refractivity contribution is -0.0196. The molecule has 0 atom stereocenters. The highest BCUT2D eigenvalue weighted by Crippen LogP contribution is 2.55. The zero-order valence-electron chi connectivity index (χ0n) is 15.1. The summed E-state index contributed by atoms with van der Waals surface area (Å²) in [5.74, 6) is 2.56. The molecule has 1 heterocycles. The quantitative estimate of drug-likeness (QED) is 0.584. The Bertz CT molecular complexity index is 662. The van der Waals surface area contributed by atoms with E-state index >= 15 is 0 Å². The molecule has 6 rings (SSSR count). The van der Waals surface area contributed by atoms with Crippen molar-refractivity contribution >= 4 is 28.8 Å². The van der Waals surface area contributed by atoms with Crippen LogP contribution < -0.4 is 5.32 Å². The largest absolute Gasteiger partial charge is 0.311 e. The summed E-state index contributed by atoms with van der Waals surface area (Å²) in [6.07, 6.45) is 9.22. The van der Waals surface area contributed by atoms with Gasteiger partial charge in [-0.1, -0.05) is 12.1 Å². The van der Waals surface area contributed by atoms with Crippen molar-refractivity contribution in [2.24, 2.45) is 17.8 Å². The first-order chi connectivity index (χ1) is 12.1. The van der Waals surface area contributed by atoms with E-state index in [1.54, 1.807) is 12.1 Å². The summed E-state index contributed by atoms with van der Waals surface area (Å²) in [5, 5.41) is 3.85. The van der Waals surface area contributed by atoms with Crippen molar-refractivity contribution in [3.8, 4) is 0 Å². The van der Waals surface area contributed by atoms with Crippen LogP contribution in [-0.4, -0.2) is 35.3 Å². The maximum absolute atomic E-state index is 12.4. The van der Waals surface area contributed by atoms with Crippen molar-refractivity contribution < 1.29 is 9.59 Å². The highest BCUT2D eigenvalue weighted by molar-refractivity contribution is 8.93. The first kappa shape index (κ1) is 18.2. The molecule has 4 saturated carbocycles. The van der Waals surface area contributed by atoms with E-state index in [-0.39, 0.29) is 28.8 Å². The first-order valence-electron chi connectivity index (χ1n) is 9.84. The third-order valence-corrected chi connectivity index (χ3v) is 6.97. The summed E-state index contributed by atoms with van der Waals surface area (Å²) in [6.45, 7) is 1.42. The number of amides is 2. The third kappa shape index (κ3) is 2.93.